The molecule has 1 spiro atoms. The average Bonchev–Trinajstić information content (AvgIpc) is 3.01. The molecule has 2 aliphatic heterocycles. The van der Waals surface area contributed by atoms with E-state index in [2.05, 4.69) is 4.98 Å². The van der Waals surface area contributed by atoms with Crippen LogP contribution in [-0.2, 0) is 19.2 Å². The molecule has 0 N–H and O–H groups in total. The maximum absolute atomic E-state index is 12.9. The number of likely N-dealkylation sites (N-methyl/N-ethyl adjacent to an activating group) is 1. The molecule has 2 fully saturated rings. The monoisotopic (exact) mass is 639 g/mol. The topological polar surface area (TPSA) is 87.7 Å². The van der Waals surface area contributed by atoms with E-state index in [9.17, 15) is 23.6 Å². The quantitative estimate of drug-likeness (QED) is 0.292. The Balaban J connectivity index is 0.000000366. The number of halogens is 1. The summed E-state index contributed by atoms with van der Waals surface area (Å²) in [6.07, 6.45) is 5.44. The van der Waals surface area contributed by atoms with E-state index in [1.54, 1.807) is 18.4 Å². The fourth-order valence-electron chi connectivity index (χ4n) is 4.58. The van der Waals surface area contributed by atoms with E-state index in [4.69, 9.17) is 0 Å². The summed E-state index contributed by atoms with van der Waals surface area (Å²) in [5.74, 6) is -1.24. The van der Waals surface area contributed by atoms with E-state index < -0.39 is 17.3 Å². The largest absolute Gasteiger partial charge is 2.00 e. The number of carbonyl (C=O) groups excluding carboxylic acids is 4. The first-order chi connectivity index (χ1) is 16.2. The van der Waals surface area contributed by atoms with Gasteiger partial charge in [0.15, 0.2) is 0 Å². The Morgan fingerprint density at radius 1 is 1.14 bits per heavy atom. The summed E-state index contributed by atoms with van der Waals surface area (Å²) in [5, 5.41) is 0. The van der Waals surface area contributed by atoms with Crippen LogP contribution in [0.4, 0.5) is 4.39 Å². The number of pyridine rings is 1. The third-order valence-electron chi connectivity index (χ3n) is 6.31. The Kier molecular flexibility index (Phi) is 10.7. The molecule has 0 radical (unpaired) electrons. The van der Waals surface area contributed by atoms with Crippen molar-refractivity contribution in [2.45, 2.75) is 32.6 Å². The van der Waals surface area contributed by atoms with E-state index in [-0.39, 0.29) is 76.1 Å². The van der Waals surface area contributed by atoms with Crippen molar-refractivity contribution in [1.29, 1.82) is 0 Å². The molecule has 0 saturated carbocycles. The van der Waals surface area contributed by atoms with Gasteiger partial charge >= 0.3 is 46.9 Å². The first-order valence-electron chi connectivity index (χ1n) is 11.2. The zero-order chi connectivity index (χ0) is 24.9. The minimum absolute atomic E-state index is 0. The van der Waals surface area contributed by atoms with Crippen LogP contribution in [0.5, 0.6) is 0 Å². The third kappa shape index (κ3) is 6.40. The van der Waals surface area contributed by atoms with Crippen LogP contribution in [0.25, 0.3) is 0 Å². The van der Waals surface area contributed by atoms with Crippen molar-refractivity contribution in [2.75, 3.05) is 20.1 Å². The molecular formula is C26H28FN3O4Yb. The molecule has 1 atom stereocenters. The molecule has 3 heterocycles. The van der Waals surface area contributed by atoms with Crippen molar-refractivity contribution < 1.29 is 70.5 Å². The summed E-state index contributed by atoms with van der Waals surface area (Å²) >= 11 is 0. The molecule has 3 amide bonds. The third-order valence-corrected chi connectivity index (χ3v) is 6.31. The zero-order valence-electron chi connectivity index (χ0n) is 19.8. The molecule has 7 nitrogen and oxygen atoms in total. The van der Waals surface area contributed by atoms with Gasteiger partial charge in [-0.25, -0.2) is 0 Å². The molecule has 4 rings (SSSR count). The van der Waals surface area contributed by atoms with E-state index in [0.717, 1.165) is 5.56 Å². The molecular weight excluding hydrogens is 610 g/mol. The Labute approximate surface area is 243 Å². The number of likely N-dealkylation sites (tertiary alicyclic amines) is 2. The maximum Gasteiger partial charge on any atom is 2.00 e. The fourth-order valence-corrected chi connectivity index (χ4v) is 4.58. The Morgan fingerprint density at radius 3 is 2.29 bits per heavy atom. The van der Waals surface area contributed by atoms with Gasteiger partial charge in [-0.05, 0) is 18.4 Å². The van der Waals surface area contributed by atoms with Crippen LogP contribution < -0.4 is 0 Å². The number of nitrogens with zero attached hydrogens (tertiary/aromatic N) is 3. The van der Waals surface area contributed by atoms with Gasteiger partial charge in [0.1, 0.15) is 5.95 Å². The maximum atomic E-state index is 12.9. The summed E-state index contributed by atoms with van der Waals surface area (Å²) in [4.78, 5) is 54.1. The molecule has 35 heavy (non-hydrogen) atoms. The van der Waals surface area contributed by atoms with Gasteiger partial charge in [-0.3, -0.25) is 23.9 Å². The number of imide groups is 1. The smallest absolute Gasteiger partial charge is 0.376 e. The van der Waals surface area contributed by atoms with Crippen LogP contribution in [0.15, 0.2) is 48.7 Å². The van der Waals surface area contributed by atoms with E-state index >= 15 is 0 Å². The van der Waals surface area contributed by atoms with Crippen LogP contribution in [0, 0.1) is 70.6 Å². The standard InChI is InChI=1S/C20H25N2O3.C6H3FNO.Yb/c1-14(2)13-16(23)22-11-9-20(10-12-22)17(15-7-5-4-6-8-15)18(24)21(3)19(20)25;7-6-5(4-9)2-1-3-8-6;/h4-8,13-14,17H,9-12H2,1-3H3;1-3H;/q2*-1;+2. The second-order valence-electron chi connectivity index (χ2n) is 8.88. The Bertz CT molecular complexity index is 1060. The van der Waals surface area contributed by atoms with Crippen LogP contribution in [0.3, 0.4) is 0 Å². The summed E-state index contributed by atoms with van der Waals surface area (Å²) in [5.41, 5.74) is 0.0399. The van der Waals surface area contributed by atoms with E-state index in [1.807, 2.05) is 44.2 Å². The SMILES string of the molecule is CC(C)[CH-]C(=O)N1CCC2(CC1)C(=O)N(C)C(=O)C2c1ccccc1.O=[C-]c1cccnc1F.[Yb+2]. The van der Waals surface area contributed by atoms with Crippen molar-refractivity contribution in [3.8, 4) is 0 Å². The molecule has 192 valence electrons. The predicted octanol–water partition coefficient (Wildman–Crippen LogP) is 2.92. The molecule has 2 saturated heterocycles. The van der Waals surface area contributed by atoms with Gasteiger partial charge < -0.3 is 20.9 Å². The van der Waals surface area contributed by atoms with Crippen molar-refractivity contribution >= 4 is 24.0 Å². The Morgan fingerprint density at radius 2 is 1.77 bits per heavy atom. The summed E-state index contributed by atoms with van der Waals surface area (Å²) in [6.45, 7) is 4.97. The number of hydrogen-bond donors (Lipinski definition) is 0. The van der Waals surface area contributed by atoms with Gasteiger partial charge in [-0.1, -0.05) is 49.7 Å². The number of hydrogen-bond acceptors (Lipinski definition) is 5. The van der Waals surface area contributed by atoms with Gasteiger partial charge in [-0.15, -0.1) is 6.07 Å². The van der Waals surface area contributed by atoms with E-state index in [1.165, 1.54) is 29.5 Å². The van der Waals surface area contributed by atoms with Crippen LogP contribution in [-0.4, -0.2) is 58.9 Å². The average molecular weight is 639 g/mol. The first kappa shape index (κ1) is 29.2. The zero-order valence-corrected chi connectivity index (χ0v) is 21.5. The number of piperidine rings is 1. The second kappa shape index (κ2) is 12.8. The van der Waals surface area contributed by atoms with Crippen molar-refractivity contribution in [3.63, 3.8) is 0 Å². The van der Waals surface area contributed by atoms with Gasteiger partial charge in [0.2, 0.25) is 11.8 Å². The Hall–Kier alpha value is -2.03. The number of carbonyl (C=O) groups is 3. The van der Waals surface area contributed by atoms with Gasteiger partial charge in [0.25, 0.3) is 0 Å². The van der Waals surface area contributed by atoms with Crippen molar-refractivity contribution in [3.05, 3.63) is 72.2 Å². The van der Waals surface area contributed by atoms with Crippen LogP contribution in [0.2, 0.25) is 0 Å². The normalized spacial score (nSPS) is 18.6. The van der Waals surface area contributed by atoms with Gasteiger partial charge in [0, 0.05) is 26.3 Å². The predicted molar refractivity (Wildman–Crippen MR) is 123 cm³/mol. The molecule has 0 bridgehead atoms. The minimum Gasteiger partial charge on any atom is -0.376 e. The molecule has 1 unspecified atom stereocenters. The van der Waals surface area contributed by atoms with Crippen LogP contribution in [0.1, 0.15) is 43.7 Å². The number of amides is 3. The van der Waals surface area contributed by atoms with Crippen molar-refractivity contribution in [2.24, 2.45) is 11.3 Å². The van der Waals surface area contributed by atoms with Crippen LogP contribution >= 0.6 is 0 Å². The van der Waals surface area contributed by atoms with Crippen molar-refractivity contribution in [1.82, 2.24) is 14.8 Å². The summed E-state index contributed by atoms with van der Waals surface area (Å²) in [7, 11) is 1.57. The summed E-state index contributed by atoms with van der Waals surface area (Å²) < 4.78 is 12.2. The molecule has 2 aromatic rings. The summed E-state index contributed by atoms with van der Waals surface area (Å²) in [6, 6.07) is 12.3. The second-order valence-corrected chi connectivity index (χ2v) is 8.88. The number of benzene rings is 1. The molecule has 0 aliphatic carbocycles. The molecule has 1 aromatic heterocycles. The molecule has 1 aromatic carbocycles. The number of aromatic nitrogens is 1. The van der Waals surface area contributed by atoms with Gasteiger partial charge in [-0.2, -0.15) is 12.0 Å². The minimum atomic E-state index is -0.771. The molecule has 2 aliphatic rings. The first-order valence-corrected chi connectivity index (χ1v) is 11.2. The van der Waals surface area contributed by atoms with Gasteiger partial charge in [0.05, 0.1) is 23.5 Å². The number of rotatable bonds is 4. The fraction of sp³-hybridized carbons (Fsp3) is 0.385. The van der Waals surface area contributed by atoms with E-state index in [0.29, 0.717) is 25.9 Å². The molecule has 9 heteroatoms.